The van der Waals surface area contributed by atoms with Crippen LogP contribution in [-0.4, -0.2) is 47.0 Å². The highest BCUT2D eigenvalue weighted by Gasteiger charge is 2.22. The number of nitrogens with one attached hydrogen (secondary N) is 1. The highest BCUT2D eigenvalue weighted by molar-refractivity contribution is 5.83. The lowest BCUT2D eigenvalue weighted by atomic mass is 10.1. The third-order valence-electron chi connectivity index (χ3n) is 2.73. The molecule has 0 aliphatic carbocycles. The largest absolute Gasteiger partial charge is 0.480 e. The van der Waals surface area contributed by atoms with E-state index in [1.807, 2.05) is 13.8 Å². The van der Waals surface area contributed by atoms with Crippen molar-refractivity contribution in [1.82, 2.24) is 10.2 Å². The molecular weight excluding hydrogens is 250 g/mol. The van der Waals surface area contributed by atoms with Crippen molar-refractivity contribution in [3.8, 4) is 0 Å². The number of carboxylic acids is 1. The lowest BCUT2D eigenvalue weighted by molar-refractivity contribution is -0.139. The summed E-state index contributed by atoms with van der Waals surface area (Å²) >= 11 is 0. The van der Waals surface area contributed by atoms with Gasteiger partial charge >= 0.3 is 12.0 Å². The van der Waals surface area contributed by atoms with E-state index in [0.717, 1.165) is 12.8 Å². The molecule has 0 unspecified atom stereocenters. The number of nitrogens with two attached hydrogens (primary N) is 1. The molecule has 0 spiro atoms. The van der Waals surface area contributed by atoms with Gasteiger partial charge in [0, 0.05) is 19.5 Å². The molecule has 0 radical (unpaired) electrons. The van der Waals surface area contributed by atoms with Crippen molar-refractivity contribution in [3.63, 3.8) is 0 Å². The lowest BCUT2D eigenvalue weighted by Crippen LogP contribution is -2.48. The van der Waals surface area contributed by atoms with Gasteiger partial charge in [0.2, 0.25) is 5.91 Å². The van der Waals surface area contributed by atoms with Crippen LogP contribution in [0.3, 0.4) is 0 Å². The number of carboxylic acid groups (broad SMARTS) is 1. The zero-order valence-electron chi connectivity index (χ0n) is 11.5. The van der Waals surface area contributed by atoms with Crippen LogP contribution in [0.4, 0.5) is 4.79 Å². The first kappa shape index (κ1) is 17.2. The molecule has 110 valence electrons. The summed E-state index contributed by atoms with van der Waals surface area (Å²) < 4.78 is 0. The molecule has 19 heavy (non-hydrogen) atoms. The van der Waals surface area contributed by atoms with E-state index in [1.165, 1.54) is 0 Å². The van der Waals surface area contributed by atoms with Crippen LogP contribution in [-0.2, 0) is 9.59 Å². The molecular formula is C12H23N3O4. The van der Waals surface area contributed by atoms with Gasteiger partial charge in [-0.1, -0.05) is 13.3 Å². The van der Waals surface area contributed by atoms with E-state index in [9.17, 15) is 14.4 Å². The predicted molar refractivity (Wildman–Crippen MR) is 70.5 cm³/mol. The molecule has 7 heteroatoms. The number of hydrogen-bond acceptors (Lipinski definition) is 3. The maximum Gasteiger partial charge on any atom is 0.326 e. The van der Waals surface area contributed by atoms with E-state index in [-0.39, 0.29) is 12.8 Å². The Kier molecular flexibility index (Phi) is 8.32. The number of urea groups is 1. The number of amides is 3. The second kappa shape index (κ2) is 9.18. The van der Waals surface area contributed by atoms with Crippen LogP contribution in [0.1, 0.15) is 39.5 Å². The zero-order valence-corrected chi connectivity index (χ0v) is 11.5. The van der Waals surface area contributed by atoms with Crippen molar-refractivity contribution in [2.24, 2.45) is 5.73 Å². The Morgan fingerprint density at radius 2 is 1.95 bits per heavy atom. The van der Waals surface area contributed by atoms with Gasteiger partial charge in [0.05, 0.1) is 0 Å². The summed E-state index contributed by atoms with van der Waals surface area (Å²) in [6.45, 7) is 4.93. The lowest BCUT2D eigenvalue weighted by Gasteiger charge is -2.23. The Balaban J connectivity index is 4.42. The normalized spacial score (nSPS) is 11.7. The minimum absolute atomic E-state index is 0.00172. The predicted octanol–water partition coefficient (Wildman–Crippen LogP) is 0.537. The maximum atomic E-state index is 11.9. The van der Waals surface area contributed by atoms with Gasteiger partial charge < -0.3 is 21.1 Å². The molecule has 0 saturated heterocycles. The molecule has 0 aliphatic rings. The summed E-state index contributed by atoms with van der Waals surface area (Å²) in [7, 11) is 0. The van der Waals surface area contributed by atoms with Crippen molar-refractivity contribution < 1.29 is 19.5 Å². The summed E-state index contributed by atoms with van der Waals surface area (Å²) in [5.74, 6) is -1.75. The summed E-state index contributed by atoms with van der Waals surface area (Å²) in [5, 5.41) is 11.4. The van der Waals surface area contributed by atoms with Crippen molar-refractivity contribution >= 4 is 17.9 Å². The molecule has 7 nitrogen and oxygen atoms in total. The van der Waals surface area contributed by atoms with Crippen LogP contribution in [0.2, 0.25) is 0 Å². The minimum Gasteiger partial charge on any atom is -0.480 e. The van der Waals surface area contributed by atoms with Crippen molar-refractivity contribution in [3.05, 3.63) is 0 Å². The van der Waals surface area contributed by atoms with Crippen molar-refractivity contribution in [2.45, 2.75) is 45.6 Å². The van der Waals surface area contributed by atoms with E-state index in [2.05, 4.69) is 5.32 Å². The van der Waals surface area contributed by atoms with Gasteiger partial charge in [-0.05, 0) is 19.8 Å². The molecule has 3 amide bonds. The Hall–Kier alpha value is -1.79. The van der Waals surface area contributed by atoms with Crippen LogP contribution >= 0.6 is 0 Å². The number of carbonyl (C=O) groups is 3. The van der Waals surface area contributed by atoms with E-state index in [1.54, 1.807) is 4.90 Å². The molecule has 4 N–H and O–H groups in total. The quantitative estimate of drug-likeness (QED) is 0.569. The van der Waals surface area contributed by atoms with Gasteiger partial charge in [-0.3, -0.25) is 4.79 Å². The summed E-state index contributed by atoms with van der Waals surface area (Å²) in [6.07, 6.45) is 1.74. The van der Waals surface area contributed by atoms with Crippen LogP contribution in [0.5, 0.6) is 0 Å². The maximum absolute atomic E-state index is 11.9. The number of rotatable bonds is 9. The highest BCUT2D eigenvalue weighted by Crippen LogP contribution is 2.01. The van der Waals surface area contributed by atoms with Gasteiger partial charge in [-0.2, -0.15) is 0 Å². The molecule has 0 saturated carbocycles. The molecule has 0 aromatic rings. The fourth-order valence-electron chi connectivity index (χ4n) is 1.54. The van der Waals surface area contributed by atoms with Crippen LogP contribution in [0.15, 0.2) is 0 Å². The van der Waals surface area contributed by atoms with Gasteiger partial charge in [0.15, 0.2) is 0 Å². The first-order valence-corrected chi connectivity index (χ1v) is 6.48. The molecule has 0 aromatic carbocycles. The molecule has 0 fully saturated rings. The first-order valence-electron chi connectivity index (χ1n) is 6.48. The van der Waals surface area contributed by atoms with E-state index in [0.29, 0.717) is 13.1 Å². The van der Waals surface area contributed by atoms with Crippen molar-refractivity contribution in [1.29, 1.82) is 0 Å². The van der Waals surface area contributed by atoms with Crippen LogP contribution < -0.4 is 11.1 Å². The van der Waals surface area contributed by atoms with Crippen molar-refractivity contribution in [2.75, 3.05) is 13.1 Å². The number of aliphatic carboxylic acids is 1. The first-order chi connectivity index (χ1) is 8.92. The fourth-order valence-corrected chi connectivity index (χ4v) is 1.54. The average Bonchev–Trinajstić information content (AvgIpc) is 2.34. The highest BCUT2D eigenvalue weighted by atomic mass is 16.4. The van der Waals surface area contributed by atoms with Crippen LogP contribution in [0, 0.1) is 0 Å². The molecule has 0 aromatic heterocycles. The molecule has 1 atom stereocenters. The second-order valence-electron chi connectivity index (χ2n) is 4.28. The summed E-state index contributed by atoms with van der Waals surface area (Å²) in [6, 6.07) is -1.51. The molecule has 0 rings (SSSR count). The number of hydrogen-bond donors (Lipinski definition) is 3. The zero-order chi connectivity index (χ0) is 14.8. The summed E-state index contributed by atoms with van der Waals surface area (Å²) in [5.41, 5.74) is 4.97. The fraction of sp³-hybridized carbons (Fsp3) is 0.750. The molecule has 0 aliphatic heterocycles. The van der Waals surface area contributed by atoms with E-state index >= 15 is 0 Å². The Labute approximate surface area is 113 Å². The molecule has 0 heterocycles. The number of carbonyl (C=O) groups excluding carboxylic acids is 2. The topological polar surface area (TPSA) is 113 Å². The van der Waals surface area contributed by atoms with E-state index < -0.39 is 23.9 Å². The second-order valence-corrected chi connectivity index (χ2v) is 4.28. The number of nitrogens with zero attached hydrogens (tertiary/aromatic N) is 1. The van der Waals surface area contributed by atoms with Gasteiger partial charge in [0.25, 0.3) is 0 Å². The molecule has 0 bridgehead atoms. The Morgan fingerprint density at radius 3 is 2.37 bits per heavy atom. The van der Waals surface area contributed by atoms with Crippen LogP contribution in [0.25, 0.3) is 0 Å². The Morgan fingerprint density at radius 1 is 1.32 bits per heavy atom. The minimum atomic E-state index is -1.17. The number of primary amides is 1. The summed E-state index contributed by atoms with van der Waals surface area (Å²) in [4.78, 5) is 35.1. The Bertz CT molecular complexity index is 320. The average molecular weight is 273 g/mol. The monoisotopic (exact) mass is 273 g/mol. The smallest absolute Gasteiger partial charge is 0.326 e. The standard InChI is InChI=1S/C12H23N3O4/c1-3-5-8-15(4-2)12(19)14-9(11(17)18)6-7-10(13)16/h9H,3-8H2,1-2H3,(H2,13,16)(H,14,19)(H,17,18)/t9-/m0/s1. The third kappa shape index (κ3) is 7.28. The number of unbranched alkanes of at least 4 members (excludes halogenated alkanes) is 1. The van der Waals surface area contributed by atoms with E-state index in [4.69, 9.17) is 10.8 Å². The van der Waals surface area contributed by atoms with Gasteiger partial charge in [-0.15, -0.1) is 0 Å². The van der Waals surface area contributed by atoms with Gasteiger partial charge in [0.1, 0.15) is 6.04 Å². The van der Waals surface area contributed by atoms with Gasteiger partial charge in [-0.25, -0.2) is 9.59 Å². The third-order valence-corrected chi connectivity index (χ3v) is 2.73. The SMILES string of the molecule is CCCCN(CC)C(=O)N[C@@H](CCC(N)=O)C(=O)O.